The number of anilines is 1. The van der Waals surface area contributed by atoms with Crippen LogP contribution in [-0.2, 0) is 6.54 Å². The van der Waals surface area contributed by atoms with Gasteiger partial charge in [-0.3, -0.25) is 0 Å². The third-order valence-corrected chi connectivity index (χ3v) is 3.86. The molecular formula is C20H17ClN2O2. The molecule has 2 N–H and O–H groups in total. The van der Waals surface area contributed by atoms with Gasteiger partial charge in [0.2, 0.25) is 0 Å². The number of rotatable bonds is 5. The second kappa shape index (κ2) is 8.22. The highest BCUT2D eigenvalue weighted by Crippen LogP contribution is 2.22. The molecule has 0 aliphatic rings. The Hall–Kier alpha value is -2.98. The predicted octanol–water partition coefficient (Wildman–Crippen LogP) is 5.45. The average Bonchev–Trinajstić information content (AvgIpc) is 2.64. The number of halogens is 1. The van der Waals surface area contributed by atoms with E-state index in [0.717, 1.165) is 11.3 Å². The van der Waals surface area contributed by atoms with Crippen LogP contribution in [0.2, 0.25) is 5.02 Å². The van der Waals surface area contributed by atoms with Crippen molar-refractivity contribution in [3.8, 4) is 11.5 Å². The topological polar surface area (TPSA) is 50.4 Å². The normalized spacial score (nSPS) is 10.1. The van der Waals surface area contributed by atoms with E-state index in [0.29, 0.717) is 23.0 Å². The molecule has 0 aliphatic heterocycles. The summed E-state index contributed by atoms with van der Waals surface area (Å²) in [4.78, 5) is 12.0. The summed E-state index contributed by atoms with van der Waals surface area (Å²) >= 11 is 6.07. The number of hydrogen-bond acceptors (Lipinski definition) is 2. The molecule has 0 saturated carbocycles. The lowest BCUT2D eigenvalue weighted by Gasteiger charge is -2.10. The Labute approximate surface area is 151 Å². The molecule has 0 atom stereocenters. The third kappa shape index (κ3) is 4.99. The maximum Gasteiger partial charge on any atom is 0.319 e. The van der Waals surface area contributed by atoms with Crippen molar-refractivity contribution in [2.24, 2.45) is 0 Å². The number of hydrogen-bond donors (Lipinski definition) is 2. The summed E-state index contributed by atoms with van der Waals surface area (Å²) in [5, 5.41) is 6.18. The fourth-order valence-corrected chi connectivity index (χ4v) is 2.43. The number of amides is 2. The van der Waals surface area contributed by atoms with E-state index < -0.39 is 0 Å². The Kier molecular flexibility index (Phi) is 5.54. The minimum Gasteiger partial charge on any atom is -0.457 e. The molecule has 0 bridgehead atoms. The molecule has 3 aromatic carbocycles. The molecular weight excluding hydrogens is 336 g/mol. The molecule has 0 aromatic heterocycles. The number of benzene rings is 3. The maximum atomic E-state index is 12.0. The standard InChI is InChI=1S/C20H17ClN2O2/c21-19-9-5-4-6-15(19)14-22-20(24)23-16-10-12-18(13-11-16)25-17-7-2-1-3-8-17/h1-13H,14H2,(H2,22,23,24). The van der Waals surface area contributed by atoms with Gasteiger partial charge in [0.05, 0.1) is 0 Å². The summed E-state index contributed by atoms with van der Waals surface area (Å²) < 4.78 is 5.71. The molecule has 0 aliphatic carbocycles. The fraction of sp³-hybridized carbons (Fsp3) is 0.0500. The van der Waals surface area contributed by atoms with Crippen molar-refractivity contribution in [3.05, 3.63) is 89.4 Å². The highest BCUT2D eigenvalue weighted by Gasteiger charge is 2.04. The van der Waals surface area contributed by atoms with Crippen LogP contribution < -0.4 is 15.4 Å². The quantitative estimate of drug-likeness (QED) is 0.641. The SMILES string of the molecule is O=C(NCc1ccccc1Cl)Nc1ccc(Oc2ccccc2)cc1. The first-order valence-electron chi connectivity index (χ1n) is 7.82. The van der Waals surface area contributed by atoms with Gasteiger partial charge in [0, 0.05) is 17.3 Å². The molecule has 0 unspecified atom stereocenters. The Morgan fingerprint density at radius 1 is 0.840 bits per heavy atom. The molecule has 0 fully saturated rings. The van der Waals surface area contributed by atoms with E-state index in [9.17, 15) is 4.79 Å². The summed E-state index contributed by atoms with van der Waals surface area (Å²) in [5.74, 6) is 1.47. The largest absolute Gasteiger partial charge is 0.457 e. The van der Waals surface area contributed by atoms with Gasteiger partial charge in [-0.2, -0.15) is 0 Å². The van der Waals surface area contributed by atoms with Crippen molar-refractivity contribution < 1.29 is 9.53 Å². The zero-order valence-corrected chi connectivity index (χ0v) is 14.2. The van der Waals surface area contributed by atoms with Gasteiger partial charge in [0.25, 0.3) is 0 Å². The minimum atomic E-state index is -0.295. The van der Waals surface area contributed by atoms with E-state index in [1.54, 1.807) is 30.3 Å². The first-order valence-corrected chi connectivity index (χ1v) is 8.20. The Bertz CT molecular complexity index is 836. The van der Waals surface area contributed by atoms with Crippen molar-refractivity contribution in [1.82, 2.24) is 5.32 Å². The lowest BCUT2D eigenvalue weighted by Crippen LogP contribution is -2.28. The van der Waals surface area contributed by atoms with Crippen molar-refractivity contribution in [2.75, 3.05) is 5.32 Å². The van der Waals surface area contributed by atoms with Crippen LogP contribution >= 0.6 is 11.6 Å². The van der Waals surface area contributed by atoms with Gasteiger partial charge < -0.3 is 15.4 Å². The van der Waals surface area contributed by atoms with Crippen molar-refractivity contribution in [2.45, 2.75) is 6.54 Å². The predicted molar refractivity (Wildman–Crippen MR) is 100 cm³/mol. The molecule has 2 amide bonds. The summed E-state index contributed by atoms with van der Waals surface area (Å²) in [6, 6.07) is 23.8. The number of urea groups is 1. The third-order valence-electron chi connectivity index (χ3n) is 3.49. The van der Waals surface area contributed by atoms with Gasteiger partial charge in [-0.05, 0) is 48.0 Å². The average molecular weight is 353 g/mol. The Morgan fingerprint density at radius 3 is 2.20 bits per heavy atom. The smallest absolute Gasteiger partial charge is 0.319 e. The second-order valence-electron chi connectivity index (χ2n) is 5.34. The van der Waals surface area contributed by atoms with E-state index in [1.807, 2.05) is 48.5 Å². The molecule has 5 heteroatoms. The van der Waals surface area contributed by atoms with Crippen LogP contribution in [0.3, 0.4) is 0 Å². The molecule has 0 saturated heterocycles. The lowest BCUT2D eigenvalue weighted by molar-refractivity contribution is 0.251. The van der Waals surface area contributed by atoms with Crippen LogP contribution in [0.4, 0.5) is 10.5 Å². The number of carbonyl (C=O) groups is 1. The van der Waals surface area contributed by atoms with Crippen LogP contribution in [0.25, 0.3) is 0 Å². The van der Waals surface area contributed by atoms with Crippen LogP contribution in [0.1, 0.15) is 5.56 Å². The van der Waals surface area contributed by atoms with E-state index in [4.69, 9.17) is 16.3 Å². The molecule has 25 heavy (non-hydrogen) atoms. The summed E-state index contributed by atoms with van der Waals surface area (Å²) in [5.41, 5.74) is 1.54. The van der Waals surface area contributed by atoms with E-state index in [1.165, 1.54) is 0 Å². The highest BCUT2D eigenvalue weighted by molar-refractivity contribution is 6.31. The zero-order valence-electron chi connectivity index (χ0n) is 13.4. The summed E-state index contributed by atoms with van der Waals surface area (Å²) in [7, 11) is 0. The zero-order chi connectivity index (χ0) is 17.5. The monoisotopic (exact) mass is 352 g/mol. The van der Waals surface area contributed by atoms with E-state index >= 15 is 0 Å². The molecule has 3 aromatic rings. The van der Waals surface area contributed by atoms with Crippen molar-refractivity contribution >= 4 is 23.3 Å². The summed E-state index contributed by atoms with van der Waals surface area (Å²) in [6.07, 6.45) is 0. The lowest BCUT2D eigenvalue weighted by atomic mass is 10.2. The number of ether oxygens (including phenoxy) is 1. The van der Waals surface area contributed by atoms with Crippen molar-refractivity contribution in [3.63, 3.8) is 0 Å². The maximum absolute atomic E-state index is 12.0. The van der Waals surface area contributed by atoms with Gasteiger partial charge in [-0.1, -0.05) is 48.0 Å². The number of carbonyl (C=O) groups excluding carboxylic acids is 1. The summed E-state index contributed by atoms with van der Waals surface area (Å²) in [6.45, 7) is 0.362. The van der Waals surface area contributed by atoms with Gasteiger partial charge in [-0.25, -0.2) is 4.79 Å². The van der Waals surface area contributed by atoms with E-state index in [2.05, 4.69) is 10.6 Å². The number of nitrogens with one attached hydrogen (secondary N) is 2. The van der Waals surface area contributed by atoms with Gasteiger partial charge in [0.1, 0.15) is 11.5 Å². The van der Waals surface area contributed by atoms with Gasteiger partial charge >= 0.3 is 6.03 Å². The Morgan fingerprint density at radius 2 is 1.48 bits per heavy atom. The number of para-hydroxylation sites is 1. The fourth-order valence-electron chi connectivity index (χ4n) is 2.22. The molecule has 0 radical (unpaired) electrons. The first kappa shape index (κ1) is 16.9. The molecule has 0 heterocycles. The van der Waals surface area contributed by atoms with Crippen LogP contribution in [0.15, 0.2) is 78.9 Å². The molecule has 4 nitrogen and oxygen atoms in total. The van der Waals surface area contributed by atoms with Gasteiger partial charge in [-0.15, -0.1) is 0 Å². The molecule has 0 spiro atoms. The van der Waals surface area contributed by atoms with Gasteiger partial charge in [0.15, 0.2) is 0 Å². The molecule has 126 valence electrons. The van der Waals surface area contributed by atoms with Crippen molar-refractivity contribution in [1.29, 1.82) is 0 Å². The van der Waals surface area contributed by atoms with Crippen LogP contribution in [-0.4, -0.2) is 6.03 Å². The van der Waals surface area contributed by atoms with E-state index in [-0.39, 0.29) is 6.03 Å². The van der Waals surface area contributed by atoms with Crippen LogP contribution in [0, 0.1) is 0 Å². The second-order valence-corrected chi connectivity index (χ2v) is 5.75. The Balaban J connectivity index is 1.52. The highest BCUT2D eigenvalue weighted by atomic mass is 35.5. The molecule has 3 rings (SSSR count). The first-order chi connectivity index (χ1) is 12.2. The van der Waals surface area contributed by atoms with Crippen LogP contribution in [0.5, 0.6) is 11.5 Å². The minimum absolute atomic E-state index is 0.295.